The average molecular weight is 939 g/mol. The highest BCUT2D eigenvalue weighted by molar-refractivity contribution is 9.11. The van der Waals surface area contributed by atoms with Crippen LogP contribution in [-0.2, 0) is 25.7 Å². The molecule has 1 unspecified atom stereocenters. The first kappa shape index (κ1) is 35.3. The Labute approximate surface area is 326 Å². The molecule has 0 amide bonds. The van der Waals surface area contributed by atoms with Crippen LogP contribution < -0.4 is 10.6 Å². The van der Waals surface area contributed by atoms with E-state index in [1.165, 1.54) is 63.1 Å². The lowest BCUT2D eigenvalue weighted by Crippen LogP contribution is -2.32. The topological polar surface area (TPSA) is 49.8 Å². The quantitative estimate of drug-likeness (QED) is 0.200. The van der Waals surface area contributed by atoms with Crippen molar-refractivity contribution in [3.8, 4) is 0 Å². The number of aromatic nitrogens is 2. The Morgan fingerprint density at radius 2 is 1.25 bits per heavy atom. The molecule has 2 aliphatic heterocycles. The fourth-order valence-corrected chi connectivity index (χ4v) is 10.1. The van der Waals surface area contributed by atoms with Gasteiger partial charge < -0.3 is 10.6 Å². The third kappa shape index (κ3) is 7.30. The number of aryl methyl sites for hydroxylation is 2. The second-order valence-corrected chi connectivity index (χ2v) is 17.2. The Morgan fingerprint density at radius 3 is 2.00 bits per heavy atom. The normalized spacial score (nSPS) is 19.2. The van der Waals surface area contributed by atoms with E-state index in [0.29, 0.717) is 11.8 Å². The van der Waals surface area contributed by atoms with E-state index in [1.54, 1.807) is 0 Å². The summed E-state index contributed by atoms with van der Waals surface area (Å²) in [5, 5.41) is 8.53. The van der Waals surface area contributed by atoms with Crippen LogP contribution in [0.2, 0.25) is 10.0 Å². The molecule has 2 aromatic carbocycles. The van der Waals surface area contributed by atoms with E-state index < -0.39 is 0 Å². The van der Waals surface area contributed by atoms with E-state index in [1.807, 2.05) is 24.5 Å². The Kier molecular flexibility index (Phi) is 11.5. The van der Waals surface area contributed by atoms with Crippen molar-refractivity contribution in [3.63, 3.8) is 0 Å². The van der Waals surface area contributed by atoms with E-state index in [-0.39, 0.29) is 0 Å². The van der Waals surface area contributed by atoms with Crippen molar-refractivity contribution in [2.24, 2.45) is 5.92 Å². The minimum absolute atomic E-state index is 0.362. The van der Waals surface area contributed by atoms with Gasteiger partial charge in [0.25, 0.3) is 0 Å². The van der Waals surface area contributed by atoms with E-state index in [0.717, 1.165) is 98.3 Å². The van der Waals surface area contributed by atoms with Crippen LogP contribution in [0.15, 0.2) is 72.3 Å². The first-order valence-corrected chi connectivity index (χ1v) is 20.6. The maximum absolute atomic E-state index is 6.39. The van der Waals surface area contributed by atoms with Crippen LogP contribution in [0.5, 0.6) is 0 Å². The molecule has 250 valence electrons. The second-order valence-electron chi connectivity index (χ2n) is 13.0. The zero-order valence-corrected chi connectivity index (χ0v) is 34.3. The largest absolute Gasteiger partial charge is 0.317 e. The summed E-state index contributed by atoms with van der Waals surface area (Å²) in [7, 11) is 0. The van der Waals surface area contributed by atoms with Gasteiger partial charge in [0.1, 0.15) is 0 Å². The Hall–Kier alpha value is -1.10. The molecule has 2 N–H and O–H groups in total. The van der Waals surface area contributed by atoms with Crippen LogP contribution in [0.25, 0.3) is 5.57 Å². The molecule has 4 nitrogen and oxygen atoms in total. The smallest absolute Gasteiger partial charge is 0.0740 e. The lowest BCUT2D eigenvalue weighted by molar-refractivity contribution is 0.338. The van der Waals surface area contributed by atoms with E-state index in [4.69, 9.17) is 33.2 Å². The van der Waals surface area contributed by atoms with E-state index in [9.17, 15) is 0 Å². The third-order valence-electron chi connectivity index (χ3n) is 10.2. The maximum atomic E-state index is 6.39. The lowest BCUT2D eigenvalue weighted by Gasteiger charge is -2.32. The predicted octanol–water partition coefficient (Wildman–Crippen LogP) is 11.0. The summed E-state index contributed by atoms with van der Waals surface area (Å²) >= 11 is 27.4. The van der Waals surface area contributed by atoms with Crippen molar-refractivity contribution in [3.05, 3.63) is 127 Å². The molecule has 1 atom stereocenters. The molecule has 0 radical (unpaired) electrons. The minimum Gasteiger partial charge on any atom is -0.317 e. The molecule has 2 saturated heterocycles. The summed E-state index contributed by atoms with van der Waals surface area (Å²) in [4.78, 5) is 9.68. The van der Waals surface area contributed by atoms with Gasteiger partial charge in [0.15, 0.2) is 0 Å². The summed E-state index contributed by atoms with van der Waals surface area (Å²) in [5.41, 5.74) is 13.3. The Morgan fingerprint density at radius 1 is 0.646 bits per heavy atom. The van der Waals surface area contributed by atoms with Crippen molar-refractivity contribution >= 4 is 92.5 Å². The molecule has 4 aromatic rings. The number of rotatable bonds is 1. The zero-order valence-electron chi connectivity index (χ0n) is 26.4. The monoisotopic (exact) mass is 934 g/mol. The molecule has 4 aliphatic rings. The molecule has 0 bridgehead atoms. The molecule has 2 aromatic heterocycles. The van der Waals surface area contributed by atoms with Gasteiger partial charge in [0.2, 0.25) is 0 Å². The first-order valence-electron chi connectivity index (χ1n) is 16.7. The van der Waals surface area contributed by atoms with Crippen LogP contribution in [0, 0.1) is 5.92 Å². The van der Waals surface area contributed by atoms with E-state index >= 15 is 0 Å². The SMILES string of the molecule is Clc1ccc2c(c1Br)CCc1cc(Br)cnc1C2=C1CCNCC1.Clc1ccc2c(c1Br)CCc1cc(Br)cnc1C2C1CCNCC1. The summed E-state index contributed by atoms with van der Waals surface area (Å²) in [6, 6.07) is 12.9. The van der Waals surface area contributed by atoms with Crippen molar-refractivity contribution in [1.29, 1.82) is 0 Å². The number of hydrogen-bond acceptors (Lipinski definition) is 4. The van der Waals surface area contributed by atoms with Crippen LogP contribution in [0.3, 0.4) is 0 Å². The average Bonchev–Trinajstić information content (AvgIpc) is 3.37. The molecule has 48 heavy (non-hydrogen) atoms. The van der Waals surface area contributed by atoms with Crippen molar-refractivity contribution < 1.29 is 0 Å². The number of fused-ring (bicyclic) bond motifs is 4. The molecule has 0 saturated carbocycles. The van der Waals surface area contributed by atoms with Gasteiger partial charge in [-0.05, 0) is 205 Å². The lowest BCUT2D eigenvalue weighted by atomic mass is 9.77. The number of nitrogens with one attached hydrogen (secondary N) is 2. The Bertz CT molecular complexity index is 1880. The molecule has 2 aliphatic carbocycles. The van der Waals surface area contributed by atoms with Gasteiger partial charge in [-0.25, -0.2) is 0 Å². The summed E-state index contributed by atoms with van der Waals surface area (Å²) in [5.74, 6) is 0.991. The van der Waals surface area contributed by atoms with Crippen molar-refractivity contribution in [2.45, 2.75) is 57.3 Å². The van der Waals surface area contributed by atoms with Crippen LogP contribution in [-0.4, -0.2) is 36.1 Å². The minimum atomic E-state index is 0.362. The van der Waals surface area contributed by atoms with Crippen molar-refractivity contribution in [2.75, 3.05) is 26.2 Å². The van der Waals surface area contributed by atoms with Gasteiger partial charge in [-0.2, -0.15) is 0 Å². The number of nitrogens with zero attached hydrogens (tertiary/aromatic N) is 2. The summed E-state index contributed by atoms with van der Waals surface area (Å²) in [6.45, 7) is 4.26. The molecule has 2 fully saturated rings. The van der Waals surface area contributed by atoms with Gasteiger partial charge >= 0.3 is 0 Å². The fraction of sp³-hybridized carbons (Fsp3) is 0.368. The third-order valence-corrected chi connectivity index (χ3v) is 13.9. The predicted molar refractivity (Wildman–Crippen MR) is 213 cm³/mol. The highest BCUT2D eigenvalue weighted by Gasteiger charge is 2.34. The molecule has 8 rings (SSSR count). The molecular weight excluding hydrogens is 903 g/mol. The number of piperidine rings is 2. The molecule has 0 spiro atoms. The maximum Gasteiger partial charge on any atom is 0.0740 e. The zero-order chi connectivity index (χ0) is 33.4. The van der Waals surface area contributed by atoms with Gasteiger partial charge in [-0.3, -0.25) is 9.97 Å². The number of hydrogen-bond donors (Lipinski definition) is 2. The van der Waals surface area contributed by atoms with Gasteiger partial charge in [-0.1, -0.05) is 40.9 Å². The molecular formula is C38H36Br4Cl2N4. The molecule has 4 heterocycles. The number of benzene rings is 2. The van der Waals surface area contributed by atoms with Crippen LogP contribution in [0.1, 0.15) is 76.4 Å². The van der Waals surface area contributed by atoms with Crippen LogP contribution in [0.4, 0.5) is 0 Å². The van der Waals surface area contributed by atoms with Crippen molar-refractivity contribution in [1.82, 2.24) is 20.6 Å². The fourth-order valence-electron chi connectivity index (χ4n) is 7.88. The highest BCUT2D eigenvalue weighted by Crippen LogP contribution is 2.45. The highest BCUT2D eigenvalue weighted by atomic mass is 79.9. The molecule has 10 heteroatoms. The van der Waals surface area contributed by atoms with Gasteiger partial charge in [-0.15, -0.1) is 0 Å². The number of pyridine rings is 2. The first-order chi connectivity index (χ1) is 23.3. The van der Waals surface area contributed by atoms with Gasteiger partial charge in [0, 0.05) is 41.8 Å². The second kappa shape index (κ2) is 15.6. The summed E-state index contributed by atoms with van der Waals surface area (Å²) < 4.78 is 4.19. The van der Waals surface area contributed by atoms with E-state index in [2.05, 4.69) is 98.6 Å². The number of halogens is 6. The van der Waals surface area contributed by atoms with Gasteiger partial charge in [0.05, 0.1) is 21.4 Å². The Balaban J connectivity index is 0.000000152. The standard InChI is InChI=1S/C19H19Br2ClN2.C19H17Br2ClN2/c2*20-13-9-12-1-2-15-14(3-4-16(22)18(15)21)17(19(12)24-10-13)11-5-7-23-8-6-11/h3-4,9-11,17,23H,1-2,5-8H2;3-4,9-10,23H,1-2,5-8H2. The van der Waals surface area contributed by atoms with Crippen LogP contribution >= 0.6 is 86.9 Å². The summed E-state index contributed by atoms with van der Waals surface area (Å²) in [6.07, 6.45) is 12.4.